The van der Waals surface area contributed by atoms with Crippen molar-refractivity contribution in [2.24, 2.45) is 0 Å². The van der Waals surface area contributed by atoms with E-state index in [1.54, 1.807) is 0 Å². The first-order chi connectivity index (χ1) is 7.74. The van der Waals surface area contributed by atoms with Crippen LogP contribution < -0.4 is 5.73 Å². The Morgan fingerprint density at radius 2 is 2.44 bits per heavy atom. The zero-order valence-electron chi connectivity index (χ0n) is 9.25. The first-order valence-electron chi connectivity index (χ1n) is 5.39. The average molecular weight is 241 g/mol. The normalized spacial score (nSPS) is 14.6. The number of esters is 1. The van der Waals surface area contributed by atoms with E-state index in [-0.39, 0.29) is 5.97 Å². The molecule has 0 radical (unpaired) electrons. The Bertz CT molecular complexity index is 400. The quantitative estimate of drug-likeness (QED) is 0.822. The largest absolute Gasteiger partial charge is 0.462 e. The summed E-state index contributed by atoms with van der Waals surface area (Å²) in [6.07, 6.45) is 1.57. The molecule has 4 nitrogen and oxygen atoms in total. The molecule has 0 aliphatic carbocycles. The van der Waals surface area contributed by atoms with E-state index in [4.69, 9.17) is 15.2 Å². The fourth-order valence-electron chi connectivity index (χ4n) is 1.74. The van der Waals surface area contributed by atoms with Crippen LogP contribution in [0.25, 0.3) is 0 Å². The summed E-state index contributed by atoms with van der Waals surface area (Å²) in [7, 11) is 0. The highest BCUT2D eigenvalue weighted by Crippen LogP contribution is 2.34. The Balaban J connectivity index is 2.25. The SMILES string of the molecule is CCCOC(=O)c1c(N)sc2c1CCOC2. The van der Waals surface area contributed by atoms with Gasteiger partial charge in [0, 0.05) is 4.88 Å². The molecule has 0 fully saturated rings. The third kappa shape index (κ3) is 2.05. The van der Waals surface area contributed by atoms with E-state index < -0.39 is 0 Å². The molecule has 1 aliphatic rings. The Morgan fingerprint density at radius 3 is 3.19 bits per heavy atom. The van der Waals surface area contributed by atoms with Crippen LogP contribution in [0, 0.1) is 0 Å². The third-order valence-electron chi connectivity index (χ3n) is 2.49. The van der Waals surface area contributed by atoms with Crippen molar-refractivity contribution in [1.82, 2.24) is 0 Å². The van der Waals surface area contributed by atoms with E-state index in [1.165, 1.54) is 11.3 Å². The zero-order chi connectivity index (χ0) is 11.5. The van der Waals surface area contributed by atoms with Crippen LogP contribution in [0.15, 0.2) is 0 Å². The van der Waals surface area contributed by atoms with Gasteiger partial charge in [-0.1, -0.05) is 6.92 Å². The Hall–Kier alpha value is -1.07. The molecule has 0 bridgehead atoms. The van der Waals surface area contributed by atoms with Gasteiger partial charge in [0.15, 0.2) is 0 Å². The van der Waals surface area contributed by atoms with Crippen LogP contribution in [-0.4, -0.2) is 19.2 Å². The molecule has 0 spiro atoms. The highest BCUT2D eigenvalue weighted by molar-refractivity contribution is 7.16. The second-order valence-corrected chi connectivity index (χ2v) is 4.82. The van der Waals surface area contributed by atoms with Crippen LogP contribution in [0.4, 0.5) is 5.00 Å². The lowest BCUT2D eigenvalue weighted by Crippen LogP contribution is -2.14. The molecule has 16 heavy (non-hydrogen) atoms. The van der Waals surface area contributed by atoms with Crippen LogP contribution in [0.5, 0.6) is 0 Å². The fraction of sp³-hybridized carbons (Fsp3) is 0.545. The van der Waals surface area contributed by atoms with Gasteiger partial charge in [0.1, 0.15) is 5.00 Å². The predicted octanol–water partition coefficient (Wildman–Crippen LogP) is 1.97. The second kappa shape index (κ2) is 4.84. The highest BCUT2D eigenvalue weighted by Gasteiger charge is 2.25. The van der Waals surface area contributed by atoms with Crippen molar-refractivity contribution >= 4 is 22.3 Å². The molecule has 0 atom stereocenters. The van der Waals surface area contributed by atoms with Gasteiger partial charge in [-0.15, -0.1) is 11.3 Å². The van der Waals surface area contributed by atoms with Gasteiger partial charge < -0.3 is 15.2 Å². The number of rotatable bonds is 3. The van der Waals surface area contributed by atoms with Gasteiger partial charge in [0.05, 0.1) is 25.4 Å². The van der Waals surface area contributed by atoms with Crippen LogP contribution in [-0.2, 0) is 22.5 Å². The van der Waals surface area contributed by atoms with Gasteiger partial charge in [0.2, 0.25) is 0 Å². The summed E-state index contributed by atoms with van der Waals surface area (Å²) in [6, 6.07) is 0. The molecule has 1 aromatic heterocycles. The zero-order valence-corrected chi connectivity index (χ0v) is 10.1. The summed E-state index contributed by atoms with van der Waals surface area (Å²) in [5.41, 5.74) is 7.45. The van der Waals surface area contributed by atoms with Crippen molar-refractivity contribution < 1.29 is 14.3 Å². The molecule has 1 aromatic rings. The number of nitrogens with two attached hydrogens (primary N) is 1. The van der Waals surface area contributed by atoms with E-state index in [9.17, 15) is 4.79 Å². The molecule has 0 amide bonds. The van der Waals surface area contributed by atoms with Gasteiger partial charge in [-0.05, 0) is 18.4 Å². The molecule has 1 aliphatic heterocycles. The minimum atomic E-state index is -0.293. The van der Waals surface area contributed by atoms with Crippen molar-refractivity contribution in [2.45, 2.75) is 26.4 Å². The van der Waals surface area contributed by atoms with E-state index >= 15 is 0 Å². The molecular formula is C11H15NO3S. The number of carbonyl (C=O) groups is 1. The van der Waals surface area contributed by atoms with Gasteiger partial charge in [0.25, 0.3) is 0 Å². The molecule has 88 valence electrons. The van der Waals surface area contributed by atoms with Gasteiger partial charge in [-0.25, -0.2) is 4.79 Å². The van der Waals surface area contributed by atoms with Crippen molar-refractivity contribution in [1.29, 1.82) is 0 Å². The smallest absolute Gasteiger partial charge is 0.341 e. The molecule has 0 aromatic carbocycles. The number of thiophene rings is 1. The Morgan fingerprint density at radius 1 is 1.62 bits per heavy atom. The first kappa shape index (κ1) is 11.4. The van der Waals surface area contributed by atoms with Crippen molar-refractivity contribution in [3.63, 3.8) is 0 Å². The maximum Gasteiger partial charge on any atom is 0.341 e. The van der Waals surface area contributed by atoms with Crippen molar-refractivity contribution in [3.05, 3.63) is 16.0 Å². The first-order valence-corrected chi connectivity index (χ1v) is 6.20. The number of anilines is 1. The van der Waals surface area contributed by atoms with Crippen LogP contribution in [0.1, 0.15) is 34.1 Å². The van der Waals surface area contributed by atoms with Crippen molar-refractivity contribution in [3.8, 4) is 0 Å². The lowest BCUT2D eigenvalue weighted by Gasteiger charge is -2.13. The average Bonchev–Trinajstić information content (AvgIpc) is 2.62. The summed E-state index contributed by atoms with van der Waals surface area (Å²) in [5.74, 6) is -0.293. The Labute approximate surface area is 98.3 Å². The van der Waals surface area contributed by atoms with E-state index in [1.807, 2.05) is 6.92 Å². The number of ether oxygens (including phenoxy) is 2. The molecule has 2 N–H and O–H groups in total. The molecule has 5 heteroatoms. The third-order valence-corrected chi connectivity index (χ3v) is 3.52. The minimum Gasteiger partial charge on any atom is -0.462 e. The molecule has 2 heterocycles. The van der Waals surface area contributed by atoms with E-state index in [0.29, 0.717) is 30.4 Å². The molecular weight excluding hydrogens is 226 g/mol. The van der Waals surface area contributed by atoms with Gasteiger partial charge in [-0.3, -0.25) is 0 Å². The highest BCUT2D eigenvalue weighted by atomic mass is 32.1. The van der Waals surface area contributed by atoms with Crippen LogP contribution in [0.3, 0.4) is 0 Å². The summed E-state index contributed by atoms with van der Waals surface area (Å²) in [4.78, 5) is 12.9. The van der Waals surface area contributed by atoms with E-state index in [0.717, 1.165) is 23.3 Å². The molecule has 0 saturated heterocycles. The van der Waals surface area contributed by atoms with Crippen LogP contribution in [0.2, 0.25) is 0 Å². The summed E-state index contributed by atoms with van der Waals surface area (Å²) in [6.45, 7) is 3.62. The number of nitrogen functional groups attached to an aromatic ring is 1. The molecule has 0 saturated carbocycles. The lowest BCUT2D eigenvalue weighted by atomic mass is 10.1. The van der Waals surface area contributed by atoms with E-state index in [2.05, 4.69) is 0 Å². The minimum absolute atomic E-state index is 0.293. The lowest BCUT2D eigenvalue weighted by molar-refractivity contribution is 0.0502. The van der Waals surface area contributed by atoms with Gasteiger partial charge >= 0.3 is 5.97 Å². The standard InChI is InChI=1S/C11H15NO3S/c1-2-4-15-11(13)9-7-3-5-14-6-8(7)16-10(9)12/h2-6,12H2,1H3. The summed E-state index contributed by atoms with van der Waals surface area (Å²) < 4.78 is 10.5. The number of hydrogen-bond acceptors (Lipinski definition) is 5. The summed E-state index contributed by atoms with van der Waals surface area (Å²) in [5, 5.41) is 0.552. The van der Waals surface area contributed by atoms with Crippen LogP contribution >= 0.6 is 11.3 Å². The van der Waals surface area contributed by atoms with Gasteiger partial charge in [-0.2, -0.15) is 0 Å². The Kier molecular flexibility index (Phi) is 3.46. The number of hydrogen-bond donors (Lipinski definition) is 1. The molecule has 0 unspecified atom stereocenters. The van der Waals surface area contributed by atoms with Crippen molar-refractivity contribution in [2.75, 3.05) is 18.9 Å². The summed E-state index contributed by atoms with van der Waals surface area (Å²) >= 11 is 1.43. The maximum atomic E-state index is 11.8. The number of fused-ring (bicyclic) bond motifs is 1. The molecule has 2 rings (SSSR count). The number of carbonyl (C=O) groups excluding carboxylic acids is 1. The monoisotopic (exact) mass is 241 g/mol. The predicted molar refractivity (Wildman–Crippen MR) is 62.7 cm³/mol. The second-order valence-electron chi connectivity index (χ2n) is 3.68. The topological polar surface area (TPSA) is 61.5 Å². The maximum absolute atomic E-state index is 11.8. The fourth-order valence-corrected chi connectivity index (χ4v) is 2.79.